The third-order valence-corrected chi connectivity index (χ3v) is 6.48. The van der Waals surface area contributed by atoms with E-state index < -0.39 is 0 Å². The number of nitrogens with zero attached hydrogens (tertiary/aromatic N) is 2. The maximum Gasteiger partial charge on any atom is 0.306 e. The number of hydrogen-bond donors (Lipinski definition) is 1. The Morgan fingerprint density at radius 2 is 2.03 bits per heavy atom. The molecule has 3 aromatic carbocycles. The van der Waals surface area contributed by atoms with Crippen molar-refractivity contribution < 1.29 is 19.0 Å². The van der Waals surface area contributed by atoms with Crippen LogP contribution in [0.2, 0.25) is 0 Å². The van der Waals surface area contributed by atoms with E-state index in [0.717, 1.165) is 45.3 Å². The molecule has 180 valence electrons. The molecule has 5 rings (SSSR count). The van der Waals surface area contributed by atoms with Gasteiger partial charge in [0.15, 0.2) is 6.10 Å². The predicted molar refractivity (Wildman–Crippen MR) is 135 cm³/mol. The average Bonchev–Trinajstić information content (AvgIpc) is 3.42. The normalized spacial score (nSPS) is 14.5. The molecule has 0 fully saturated rings. The van der Waals surface area contributed by atoms with Gasteiger partial charge in [-0.25, -0.2) is 4.98 Å². The number of ether oxygens (including phenoxy) is 3. The number of fused-ring (bicyclic) bond motifs is 2. The SMILES string of the molecule is CCC(=O)O[C@@H]1COc2cc(NCc3cccc(-n4c(C)nc5ccc(OC)cc54)c3C)ccc21. The predicted octanol–water partition coefficient (Wildman–Crippen LogP) is 5.65. The van der Waals surface area contributed by atoms with Crippen LogP contribution in [0, 0.1) is 13.8 Å². The molecule has 0 saturated carbocycles. The summed E-state index contributed by atoms with van der Waals surface area (Å²) < 4.78 is 18.9. The molecule has 4 aromatic rings. The monoisotopic (exact) mass is 471 g/mol. The molecule has 0 saturated heterocycles. The van der Waals surface area contributed by atoms with Gasteiger partial charge in [0.05, 0.1) is 23.8 Å². The summed E-state index contributed by atoms with van der Waals surface area (Å²) in [7, 11) is 1.67. The summed E-state index contributed by atoms with van der Waals surface area (Å²) >= 11 is 0. The first kappa shape index (κ1) is 22.8. The van der Waals surface area contributed by atoms with Crippen LogP contribution in [0.4, 0.5) is 5.69 Å². The molecule has 0 radical (unpaired) electrons. The second-order valence-corrected chi connectivity index (χ2v) is 8.66. The van der Waals surface area contributed by atoms with E-state index in [1.165, 1.54) is 11.1 Å². The molecule has 7 heteroatoms. The van der Waals surface area contributed by atoms with E-state index in [1.54, 1.807) is 14.0 Å². The van der Waals surface area contributed by atoms with E-state index in [1.807, 2.05) is 43.3 Å². The number of imidazole rings is 1. The van der Waals surface area contributed by atoms with Gasteiger partial charge in [-0.3, -0.25) is 9.36 Å². The van der Waals surface area contributed by atoms with Crippen molar-refractivity contribution in [2.24, 2.45) is 0 Å². The summed E-state index contributed by atoms with van der Waals surface area (Å²) in [6, 6.07) is 18.2. The van der Waals surface area contributed by atoms with Crippen LogP contribution in [-0.2, 0) is 16.1 Å². The first-order chi connectivity index (χ1) is 17.0. The van der Waals surface area contributed by atoms with Crippen LogP contribution < -0.4 is 14.8 Å². The van der Waals surface area contributed by atoms with E-state index in [4.69, 9.17) is 19.2 Å². The molecule has 0 unspecified atom stereocenters. The highest BCUT2D eigenvalue weighted by Crippen LogP contribution is 2.37. The fraction of sp³-hybridized carbons (Fsp3) is 0.286. The van der Waals surface area contributed by atoms with Crippen molar-refractivity contribution in [3.8, 4) is 17.2 Å². The smallest absolute Gasteiger partial charge is 0.306 e. The highest BCUT2D eigenvalue weighted by molar-refractivity contribution is 5.80. The second kappa shape index (κ2) is 9.33. The maximum atomic E-state index is 11.7. The zero-order valence-electron chi connectivity index (χ0n) is 20.4. The molecule has 1 atom stereocenters. The number of aromatic nitrogens is 2. The summed E-state index contributed by atoms with van der Waals surface area (Å²) in [5.74, 6) is 2.27. The van der Waals surface area contributed by atoms with Crippen LogP contribution in [0.3, 0.4) is 0 Å². The second-order valence-electron chi connectivity index (χ2n) is 8.66. The topological polar surface area (TPSA) is 74.6 Å². The van der Waals surface area contributed by atoms with Gasteiger partial charge in [-0.15, -0.1) is 0 Å². The molecule has 0 amide bonds. The Bertz CT molecular complexity index is 1410. The summed E-state index contributed by atoms with van der Waals surface area (Å²) in [5.41, 5.74) is 7.27. The van der Waals surface area contributed by atoms with E-state index in [-0.39, 0.29) is 12.1 Å². The summed E-state index contributed by atoms with van der Waals surface area (Å²) in [5, 5.41) is 3.51. The van der Waals surface area contributed by atoms with Crippen molar-refractivity contribution in [1.29, 1.82) is 0 Å². The molecular formula is C28H29N3O4. The van der Waals surface area contributed by atoms with Gasteiger partial charge in [0.1, 0.15) is 23.9 Å². The molecule has 1 N–H and O–H groups in total. The number of aryl methyl sites for hydroxylation is 1. The van der Waals surface area contributed by atoms with E-state index in [2.05, 4.69) is 35.0 Å². The van der Waals surface area contributed by atoms with Crippen molar-refractivity contribution in [3.63, 3.8) is 0 Å². The minimum atomic E-state index is -0.336. The molecule has 7 nitrogen and oxygen atoms in total. The van der Waals surface area contributed by atoms with Gasteiger partial charge in [0.25, 0.3) is 0 Å². The van der Waals surface area contributed by atoms with Gasteiger partial charge in [-0.05, 0) is 55.3 Å². The number of hydrogen-bond acceptors (Lipinski definition) is 6. The molecular weight excluding hydrogens is 442 g/mol. The molecule has 1 aliphatic heterocycles. The number of nitrogens with one attached hydrogen (secondary N) is 1. The van der Waals surface area contributed by atoms with E-state index in [9.17, 15) is 4.79 Å². The van der Waals surface area contributed by atoms with Crippen LogP contribution in [0.5, 0.6) is 11.5 Å². The van der Waals surface area contributed by atoms with Gasteiger partial charge in [-0.1, -0.05) is 19.1 Å². The third kappa shape index (κ3) is 4.30. The van der Waals surface area contributed by atoms with Crippen molar-refractivity contribution in [2.45, 2.75) is 39.8 Å². The fourth-order valence-corrected chi connectivity index (χ4v) is 4.54. The average molecular weight is 472 g/mol. The quantitative estimate of drug-likeness (QED) is 0.351. The van der Waals surface area contributed by atoms with Gasteiger partial charge in [-0.2, -0.15) is 0 Å². The summed E-state index contributed by atoms with van der Waals surface area (Å²) in [6.45, 7) is 6.95. The fourth-order valence-electron chi connectivity index (χ4n) is 4.54. The molecule has 0 aliphatic carbocycles. The van der Waals surface area contributed by atoms with Gasteiger partial charge < -0.3 is 19.5 Å². The van der Waals surface area contributed by atoms with Crippen LogP contribution in [0.1, 0.15) is 42.0 Å². The Morgan fingerprint density at radius 3 is 2.83 bits per heavy atom. The van der Waals surface area contributed by atoms with Crippen LogP contribution in [0.25, 0.3) is 16.7 Å². The molecule has 2 heterocycles. The Morgan fingerprint density at radius 1 is 1.17 bits per heavy atom. The van der Waals surface area contributed by atoms with E-state index in [0.29, 0.717) is 19.6 Å². The number of rotatable bonds is 7. The zero-order chi connectivity index (χ0) is 24.5. The van der Waals surface area contributed by atoms with Crippen molar-refractivity contribution in [2.75, 3.05) is 19.0 Å². The first-order valence-electron chi connectivity index (χ1n) is 11.8. The van der Waals surface area contributed by atoms with Crippen LogP contribution >= 0.6 is 0 Å². The largest absolute Gasteiger partial charge is 0.497 e. The Hall–Kier alpha value is -4.00. The number of methoxy groups -OCH3 is 1. The summed E-state index contributed by atoms with van der Waals surface area (Å²) in [4.78, 5) is 16.4. The molecule has 1 aromatic heterocycles. The number of anilines is 1. The maximum absolute atomic E-state index is 11.7. The number of benzene rings is 3. The van der Waals surface area contributed by atoms with Crippen molar-refractivity contribution in [3.05, 3.63) is 77.1 Å². The van der Waals surface area contributed by atoms with Crippen molar-refractivity contribution in [1.82, 2.24) is 9.55 Å². The Labute approximate surface area is 204 Å². The standard InChI is InChI=1S/C28H29N3O4/c1-5-28(32)35-27-16-34-26-13-20(9-11-22(26)27)29-15-19-7-6-8-24(17(19)2)31-18(3)30-23-12-10-21(33-4)14-25(23)31/h6-14,27,29H,5,15-16H2,1-4H3/t27-/m1/s1. The van der Waals surface area contributed by atoms with Crippen molar-refractivity contribution >= 4 is 22.7 Å². The van der Waals surface area contributed by atoms with Gasteiger partial charge in [0.2, 0.25) is 0 Å². The van der Waals surface area contributed by atoms with Crippen LogP contribution in [0.15, 0.2) is 54.6 Å². The molecule has 0 spiro atoms. The van der Waals surface area contributed by atoms with Gasteiger partial charge in [0, 0.05) is 36.3 Å². The minimum Gasteiger partial charge on any atom is -0.497 e. The number of carbonyl (C=O) groups excluding carboxylic acids is 1. The van der Waals surface area contributed by atoms with E-state index >= 15 is 0 Å². The lowest BCUT2D eigenvalue weighted by atomic mass is 10.1. The van der Waals surface area contributed by atoms with Crippen LogP contribution in [-0.4, -0.2) is 29.2 Å². The molecule has 35 heavy (non-hydrogen) atoms. The zero-order valence-corrected chi connectivity index (χ0v) is 20.4. The lowest BCUT2D eigenvalue weighted by Crippen LogP contribution is -2.11. The first-order valence-corrected chi connectivity index (χ1v) is 11.8. The minimum absolute atomic E-state index is 0.219. The highest BCUT2D eigenvalue weighted by atomic mass is 16.6. The highest BCUT2D eigenvalue weighted by Gasteiger charge is 2.27. The number of carbonyl (C=O) groups is 1. The molecule has 1 aliphatic rings. The Kier molecular flexibility index (Phi) is 6.07. The number of esters is 1. The molecule has 0 bridgehead atoms. The summed E-state index contributed by atoms with van der Waals surface area (Å²) in [6.07, 6.45) is 0.0172. The van der Waals surface area contributed by atoms with Gasteiger partial charge >= 0.3 is 5.97 Å². The third-order valence-electron chi connectivity index (χ3n) is 6.48. The lowest BCUT2D eigenvalue weighted by molar-refractivity contribution is -0.149. The lowest BCUT2D eigenvalue weighted by Gasteiger charge is -2.16. The Balaban J connectivity index is 1.38.